The zero-order valence-electron chi connectivity index (χ0n) is 12.7. The Hall–Kier alpha value is -3.16. The summed E-state index contributed by atoms with van der Waals surface area (Å²) in [6.07, 6.45) is 0. The Kier molecular flexibility index (Phi) is 4.28. The molecule has 1 amide bonds. The summed E-state index contributed by atoms with van der Waals surface area (Å²) < 4.78 is 26.6. The van der Waals surface area contributed by atoms with Gasteiger partial charge in [-0.15, -0.1) is 10.2 Å². The number of hydrogen-bond acceptors (Lipinski definition) is 4. The van der Waals surface area contributed by atoms with Crippen molar-refractivity contribution >= 4 is 11.6 Å². The summed E-state index contributed by atoms with van der Waals surface area (Å²) in [6.45, 7) is 1.64. The van der Waals surface area contributed by atoms with Crippen LogP contribution in [0.4, 0.5) is 14.5 Å². The quantitative estimate of drug-likeness (QED) is 0.798. The Morgan fingerprint density at radius 2 is 2.00 bits per heavy atom. The molecule has 0 radical (unpaired) electrons. The van der Waals surface area contributed by atoms with Gasteiger partial charge in [0.25, 0.3) is 0 Å². The molecule has 0 unspecified atom stereocenters. The molecule has 0 fully saturated rings. The van der Waals surface area contributed by atoms with Crippen LogP contribution in [0.15, 0.2) is 42.5 Å². The van der Waals surface area contributed by atoms with E-state index in [9.17, 15) is 13.6 Å². The summed E-state index contributed by atoms with van der Waals surface area (Å²) in [5, 5.41) is 14.1. The molecule has 0 aliphatic carbocycles. The van der Waals surface area contributed by atoms with Gasteiger partial charge in [-0.2, -0.15) is 4.80 Å². The number of anilines is 1. The zero-order chi connectivity index (χ0) is 17.1. The molecule has 2 aromatic carbocycles. The molecule has 1 heterocycles. The van der Waals surface area contributed by atoms with Crippen LogP contribution in [0, 0.1) is 18.6 Å². The molecule has 0 aliphatic rings. The number of amides is 1. The lowest BCUT2D eigenvalue weighted by Crippen LogP contribution is -2.21. The van der Waals surface area contributed by atoms with Crippen molar-refractivity contribution in [1.82, 2.24) is 20.2 Å². The van der Waals surface area contributed by atoms with E-state index in [1.165, 1.54) is 0 Å². The third kappa shape index (κ3) is 3.43. The maximum Gasteiger partial charge on any atom is 0.248 e. The Bertz CT molecular complexity index is 894. The van der Waals surface area contributed by atoms with Gasteiger partial charge in [0.15, 0.2) is 0 Å². The lowest BCUT2D eigenvalue weighted by Gasteiger charge is -2.05. The second-order valence-electron chi connectivity index (χ2n) is 5.13. The van der Waals surface area contributed by atoms with E-state index < -0.39 is 17.5 Å². The largest absolute Gasteiger partial charge is 0.322 e. The first-order valence-corrected chi connectivity index (χ1v) is 7.11. The van der Waals surface area contributed by atoms with Gasteiger partial charge in [0.1, 0.15) is 18.2 Å². The van der Waals surface area contributed by atoms with E-state index >= 15 is 0 Å². The van der Waals surface area contributed by atoms with Crippen LogP contribution in [0.5, 0.6) is 0 Å². The summed E-state index contributed by atoms with van der Waals surface area (Å²) in [6, 6.07) is 10.3. The summed E-state index contributed by atoms with van der Waals surface area (Å²) >= 11 is 0. The van der Waals surface area contributed by atoms with Crippen molar-refractivity contribution < 1.29 is 13.6 Å². The van der Waals surface area contributed by atoms with E-state index in [0.29, 0.717) is 5.82 Å². The van der Waals surface area contributed by atoms with Gasteiger partial charge in [0.05, 0.1) is 5.69 Å². The molecule has 1 N–H and O–H groups in total. The number of carbonyl (C=O) groups excluding carboxylic acids is 1. The van der Waals surface area contributed by atoms with Crippen LogP contribution in [0.2, 0.25) is 0 Å². The molecular formula is C16H13F2N5O. The van der Waals surface area contributed by atoms with Crippen molar-refractivity contribution in [1.29, 1.82) is 0 Å². The molecule has 0 aliphatic heterocycles. The second kappa shape index (κ2) is 6.53. The summed E-state index contributed by atoms with van der Waals surface area (Å²) in [5.74, 6) is -1.57. The first kappa shape index (κ1) is 15.7. The molecule has 0 saturated carbocycles. The summed E-state index contributed by atoms with van der Waals surface area (Å²) in [5.41, 5.74) is 1.54. The standard InChI is InChI=1S/C16H13F2N5O/c1-10-4-2-3-5-12(10)16-20-22-23(21-16)9-15(24)19-14-8-11(17)6-7-13(14)18/h2-8H,9H2,1H3,(H,19,24). The van der Waals surface area contributed by atoms with Crippen LogP contribution in [-0.4, -0.2) is 26.1 Å². The normalized spacial score (nSPS) is 10.6. The van der Waals surface area contributed by atoms with Gasteiger partial charge in [-0.05, 0) is 29.8 Å². The van der Waals surface area contributed by atoms with Gasteiger partial charge in [-0.3, -0.25) is 4.79 Å². The average Bonchev–Trinajstić information content (AvgIpc) is 2.99. The molecular weight excluding hydrogens is 316 g/mol. The van der Waals surface area contributed by atoms with Crippen molar-refractivity contribution in [3.8, 4) is 11.4 Å². The van der Waals surface area contributed by atoms with Crippen LogP contribution in [-0.2, 0) is 11.3 Å². The maximum atomic E-state index is 13.5. The van der Waals surface area contributed by atoms with Gasteiger partial charge in [0.2, 0.25) is 11.7 Å². The topological polar surface area (TPSA) is 72.7 Å². The van der Waals surface area contributed by atoms with Gasteiger partial charge in [0, 0.05) is 11.6 Å². The highest BCUT2D eigenvalue weighted by molar-refractivity contribution is 5.90. The third-order valence-corrected chi connectivity index (χ3v) is 3.33. The van der Waals surface area contributed by atoms with Crippen molar-refractivity contribution in [2.45, 2.75) is 13.5 Å². The predicted octanol–water partition coefficient (Wildman–Crippen LogP) is 2.57. The summed E-state index contributed by atoms with van der Waals surface area (Å²) in [7, 11) is 0. The van der Waals surface area contributed by atoms with E-state index in [-0.39, 0.29) is 12.2 Å². The maximum absolute atomic E-state index is 13.5. The first-order valence-electron chi connectivity index (χ1n) is 7.11. The van der Waals surface area contributed by atoms with Gasteiger partial charge < -0.3 is 5.32 Å². The number of hydrogen-bond donors (Lipinski definition) is 1. The Morgan fingerprint density at radius 3 is 2.79 bits per heavy atom. The fourth-order valence-electron chi connectivity index (χ4n) is 2.15. The van der Waals surface area contributed by atoms with Crippen molar-refractivity contribution in [2.24, 2.45) is 0 Å². The minimum atomic E-state index is -0.725. The molecule has 3 rings (SSSR count). The van der Waals surface area contributed by atoms with Crippen molar-refractivity contribution in [2.75, 3.05) is 5.32 Å². The minimum absolute atomic E-state index is 0.237. The van der Waals surface area contributed by atoms with Gasteiger partial charge in [-0.1, -0.05) is 24.3 Å². The highest BCUT2D eigenvalue weighted by Gasteiger charge is 2.12. The monoisotopic (exact) mass is 329 g/mol. The van der Waals surface area contributed by atoms with Crippen LogP contribution in [0.1, 0.15) is 5.56 Å². The first-order chi connectivity index (χ1) is 11.5. The molecule has 0 bridgehead atoms. The lowest BCUT2D eigenvalue weighted by molar-refractivity contribution is -0.117. The highest BCUT2D eigenvalue weighted by atomic mass is 19.1. The second-order valence-corrected chi connectivity index (χ2v) is 5.13. The predicted molar refractivity (Wildman–Crippen MR) is 83.0 cm³/mol. The van der Waals surface area contributed by atoms with Crippen LogP contribution in [0.25, 0.3) is 11.4 Å². The number of halogens is 2. The number of aryl methyl sites for hydroxylation is 1. The third-order valence-electron chi connectivity index (χ3n) is 3.33. The number of carbonyl (C=O) groups is 1. The van der Waals surface area contributed by atoms with Gasteiger partial charge >= 0.3 is 0 Å². The van der Waals surface area contributed by atoms with E-state index in [1.807, 2.05) is 31.2 Å². The zero-order valence-corrected chi connectivity index (χ0v) is 12.7. The van der Waals surface area contributed by atoms with Crippen molar-refractivity contribution in [3.63, 3.8) is 0 Å². The minimum Gasteiger partial charge on any atom is -0.322 e. The smallest absolute Gasteiger partial charge is 0.248 e. The van der Waals surface area contributed by atoms with Crippen LogP contribution < -0.4 is 5.32 Å². The molecule has 0 atom stereocenters. The Balaban J connectivity index is 1.72. The van der Waals surface area contributed by atoms with E-state index in [4.69, 9.17) is 0 Å². The van der Waals surface area contributed by atoms with E-state index in [2.05, 4.69) is 20.7 Å². The van der Waals surface area contributed by atoms with E-state index in [1.54, 1.807) is 0 Å². The van der Waals surface area contributed by atoms with Crippen LogP contribution in [0.3, 0.4) is 0 Å². The van der Waals surface area contributed by atoms with Crippen LogP contribution >= 0.6 is 0 Å². The molecule has 1 aromatic heterocycles. The molecule has 0 saturated heterocycles. The SMILES string of the molecule is Cc1ccccc1-c1nnn(CC(=O)Nc2cc(F)ccc2F)n1. The number of nitrogens with zero attached hydrogens (tertiary/aromatic N) is 4. The number of nitrogens with one attached hydrogen (secondary N) is 1. The average molecular weight is 329 g/mol. The summed E-state index contributed by atoms with van der Waals surface area (Å²) in [4.78, 5) is 13.0. The molecule has 122 valence electrons. The fraction of sp³-hybridized carbons (Fsp3) is 0.125. The molecule has 8 heteroatoms. The fourth-order valence-corrected chi connectivity index (χ4v) is 2.15. The Morgan fingerprint density at radius 1 is 1.21 bits per heavy atom. The van der Waals surface area contributed by atoms with E-state index in [0.717, 1.165) is 34.1 Å². The lowest BCUT2D eigenvalue weighted by atomic mass is 10.1. The molecule has 3 aromatic rings. The number of tetrazole rings is 1. The molecule has 0 spiro atoms. The Labute approximate surface area is 136 Å². The number of aromatic nitrogens is 4. The number of rotatable bonds is 4. The van der Waals surface area contributed by atoms with Crippen molar-refractivity contribution in [3.05, 3.63) is 59.7 Å². The van der Waals surface area contributed by atoms with Gasteiger partial charge in [-0.25, -0.2) is 8.78 Å². The molecule has 24 heavy (non-hydrogen) atoms. The number of benzene rings is 2. The highest BCUT2D eigenvalue weighted by Crippen LogP contribution is 2.18. The molecule has 6 nitrogen and oxygen atoms in total.